The maximum absolute atomic E-state index is 12.0. The number of likely N-dealkylation sites (N-methyl/N-ethyl adjacent to an activating group) is 1. The zero-order chi connectivity index (χ0) is 30.2. The van der Waals surface area contributed by atoms with E-state index < -0.39 is 18.4 Å². The summed E-state index contributed by atoms with van der Waals surface area (Å²) in [5.41, 5.74) is 3.65. The summed E-state index contributed by atoms with van der Waals surface area (Å²) in [7, 11) is 1.90. The number of ether oxygens (including phenoxy) is 2. The lowest BCUT2D eigenvalue weighted by Crippen LogP contribution is -2.44. The Morgan fingerprint density at radius 2 is 1.67 bits per heavy atom. The van der Waals surface area contributed by atoms with Crippen molar-refractivity contribution in [1.82, 2.24) is 4.90 Å². The molecule has 1 amide bonds. The zero-order valence-corrected chi connectivity index (χ0v) is 23.7. The second kappa shape index (κ2) is 14.4. The Kier molecular flexibility index (Phi) is 10.7. The molecule has 224 valence electrons. The van der Waals surface area contributed by atoms with E-state index >= 15 is 0 Å². The van der Waals surface area contributed by atoms with E-state index in [2.05, 4.69) is 12.2 Å². The highest BCUT2D eigenvalue weighted by Gasteiger charge is 2.39. The summed E-state index contributed by atoms with van der Waals surface area (Å²) in [4.78, 5) is 24.8. The molecule has 5 N–H and O–H groups in total. The molecular formula is C32H38N2O8. The molecule has 0 saturated carbocycles. The van der Waals surface area contributed by atoms with Crippen LogP contribution in [0.15, 0.2) is 72.8 Å². The molecule has 10 nitrogen and oxygen atoms in total. The average Bonchev–Trinajstić information content (AvgIpc) is 2.97. The zero-order valence-electron chi connectivity index (χ0n) is 23.7. The molecule has 0 radical (unpaired) electrons. The lowest BCUT2D eigenvalue weighted by atomic mass is 9.90. The molecule has 5 atom stereocenters. The van der Waals surface area contributed by atoms with Crippen LogP contribution in [-0.4, -0.2) is 63.4 Å². The third-order valence-corrected chi connectivity index (χ3v) is 7.39. The first-order valence-corrected chi connectivity index (χ1v) is 13.9. The standard InChI is InChI=1S/C32H38N2O8/c1-20-28(18-34(2)17-27(37)24-4-3-5-26(36)16-24)41-32(42-31(20)22-8-6-21(19-35)7-9-22)23-10-12-25(13-11-23)33-29(38)14-15-30(39)40/h3-13,16,20,27-28,31-32,35-37H,14-15,17-19H2,1-2H3,(H,33,38)(H,39,40)/t20-,27+,28+,31+,32+/m0/s1. The normalized spacial score (nSPS) is 21.2. The van der Waals surface area contributed by atoms with Crippen LogP contribution in [0.1, 0.15) is 60.5 Å². The Labute approximate surface area is 245 Å². The SMILES string of the molecule is C[C@H]1[C@@H](CN(C)C[C@@H](O)c2cccc(O)c2)O[C@@H](c2ccc(NC(=O)CCC(=O)O)cc2)O[C@H]1c1ccc(CO)cc1. The second-order valence-corrected chi connectivity index (χ2v) is 10.7. The molecular weight excluding hydrogens is 540 g/mol. The molecule has 3 aromatic carbocycles. The number of aliphatic hydroxyl groups excluding tert-OH is 2. The topological polar surface area (TPSA) is 149 Å². The fourth-order valence-corrected chi connectivity index (χ4v) is 5.01. The number of amides is 1. The molecule has 3 aromatic rings. The first kappa shape index (κ1) is 31.1. The van der Waals surface area contributed by atoms with Crippen LogP contribution in [0.2, 0.25) is 0 Å². The number of hydrogen-bond donors (Lipinski definition) is 5. The van der Waals surface area contributed by atoms with Crippen molar-refractivity contribution >= 4 is 17.6 Å². The number of benzene rings is 3. The fourth-order valence-electron chi connectivity index (χ4n) is 5.01. The highest BCUT2D eigenvalue weighted by Crippen LogP contribution is 2.42. The highest BCUT2D eigenvalue weighted by atomic mass is 16.7. The van der Waals surface area contributed by atoms with Crippen LogP contribution in [0.3, 0.4) is 0 Å². The molecule has 0 bridgehead atoms. The molecule has 1 aliphatic rings. The number of nitrogens with zero attached hydrogens (tertiary/aromatic N) is 1. The fraction of sp³-hybridized carbons (Fsp3) is 0.375. The van der Waals surface area contributed by atoms with Gasteiger partial charge in [0.25, 0.3) is 0 Å². The number of anilines is 1. The van der Waals surface area contributed by atoms with Crippen LogP contribution >= 0.6 is 0 Å². The van der Waals surface area contributed by atoms with Gasteiger partial charge in [-0.25, -0.2) is 0 Å². The van der Waals surface area contributed by atoms with Gasteiger partial charge < -0.3 is 40.1 Å². The Morgan fingerprint density at radius 3 is 2.31 bits per heavy atom. The number of carboxylic acids is 1. The number of hydrogen-bond acceptors (Lipinski definition) is 8. The maximum Gasteiger partial charge on any atom is 0.303 e. The van der Waals surface area contributed by atoms with Crippen molar-refractivity contribution in [3.05, 3.63) is 95.1 Å². The third-order valence-electron chi connectivity index (χ3n) is 7.39. The molecule has 10 heteroatoms. The molecule has 42 heavy (non-hydrogen) atoms. The molecule has 1 saturated heterocycles. The first-order chi connectivity index (χ1) is 20.1. The predicted molar refractivity (Wildman–Crippen MR) is 155 cm³/mol. The summed E-state index contributed by atoms with van der Waals surface area (Å²) < 4.78 is 12.9. The second-order valence-electron chi connectivity index (χ2n) is 10.7. The summed E-state index contributed by atoms with van der Waals surface area (Å²) in [6.07, 6.45) is -2.46. The van der Waals surface area contributed by atoms with E-state index in [0.717, 1.165) is 16.7 Å². The van der Waals surface area contributed by atoms with E-state index in [0.29, 0.717) is 24.3 Å². The molecule has 1 heterocycles. The van der Waals surface area contributed by atoms with Crippen molar-refractivity contribution < 1.29 is 39.5 Å². The van der Waals surface area contributed by atoms with E-state index in [1.54, 1.807) is 48.5 Å². The van der Waals surface area contributed by atoms with Gasteiger partial charge in [0.05, 0.1) is 31.3 Å². The van der Waals surface area contributed by atoms with E-state index in [4.69, 9.17) is 14.6 Å². The summed E-state index contributed by atoms with van der Waals surface area (Å²) in [6, 6.07) is 21.2. The van der Waals surface area contributed by atoms with Crippen molar-refractivity contribution in [2.45, 2.75) is 51.0 Å². The van der Waals surface area contributed by atoms with Crippen LogP contribution in [0, 0.1) is 5.92 Å². The van der Waals surface area contributed by atoms with E-state index in [-0.39, 0.29) is 49.2 Å². The smallest absolute Gasteiger partial charge is 0.303 e. The quantitative estimate of drug-likeness (QED) is 0.214. The lowest BCUT2D eigenvalue weighted by Gasteiger charge is -2.42. The number of carboxylic acid groups (broad SMARTS) is 1. The Bertz CT molecular complexity index is 1330. The van der Waals surface area contributed by atoms with Gasteiger partial charge in [-0.05, 0) is 48.0 Å². The predicted octanol–water partition coefficient (Wildman–Crippen LogP) is 4.14. The van der Waals surface area contributed by atoms with Crippen LogP contribution in [-0.2, 0) is 25.7 Å². The maximum atomic E-state index is 12.0. The first-order valence-electron chi connectivity index (χ1n) is 13.9. The van der Waals surface area contributed by atoms with E-state index in [1.165, 1.54) is 0 Å². The molecule has 0 aliphatic carbocycles. The van der Waals surface area contributed by atoms with Crippen LogP contribution in [0.4, 0.5) is 5.69 Å². The summed E-state index contributed by atoms with van der Waals surface area (Å²) >= 11 is 0. The number of nitrogens with one attached hydrogen (secondary N) is 1. The number of aliphatic carboxylic acids is 1. The van der Waals surface area contributed by atoms with Crippen molar-refractivity contribution in [3.8, 4) is 5.75 Å². The molecule has 1 aliphatic heterocycles. The van der Waals surface area contributed by atoms with Crippen molar-refractivity contribution in [1.29, 1.82) is 0 Å². The van der Waals surface area contributed by atoms with Crippen molar-refractivity contribution in [2.75, 3.05) is 25.5 Å². The highest BCUT2D eigenvalue weighted by molar-refractivity contribution is 5.92. The summed E-state index contributed by atoms with van der Waals surface area (Å²) in [5, 5.41) is 41.5. The van der Waals surface area contributed by atoms with Gasteiger partial charge in [0, 0.05) is 36.7 Å². The Morgan fingerprint density at radius 1 is 0.976 bits per heavy atom. The van der Waals surface area contributed by atoms with Gasteiger partial charge >= 0.3 is 5.97 Å². The van der Waals surface area contributed by atoms with Crippen molar-refractivity contribution in [2.24, 2.45) is 5.92 Å². The monoisotopic (exact) mass is 578 g/mol. The van der Waals surface area contributed by atoms with E-state index in [9.17, 15) is 24.9 Å². The lowest BCUT2D eigenvalue weighted by molar-refractivity contribution is -0.276. The minimum Gasteiger partial charge on any atom is -0.508 e. The summed E-state index contributed by atoms with van der Waals surface area (Å²) in [5.74, 6) is -1.38. The van der Waals surface area contributed by atoms with Gasteiger partial charge in [0.15, 0.2) is 6.29 Å². The average molecular weight is 579 g/mol. The van der Waals surface area contributed by atoms with Gasteiger partial charge in [0.2, 0.25) is 5.91 Å². The van der Waals surface area contributed by atoms with Gasteiger partial charge in [-0.1, -0.05) is 55.5 Å². The molecule has 4 rings (SSSR count). The Balaban J connectivity index is 1.50. The summed E-state index contributed by atoms with van der Waals surface area (Å²) in [6.45, 7) is 2.83. The number of carbonyl (C=O) groups is 2. The van der Waals surface area contributed by atoms with Gasteiger partial charge in [-0.2, -0.15) is 0 Å². The van der Waals surface area contributed by atoms with Gasteiger partial charge in [-0.3, -0.25) is 9.59 Å². The molecule has 0 aromatic heterocycles. The largest absolute Gasteiger partial charge is 0.508 e. The van der Waals surface area contributed by atoms with E-state index in [1.807, 2.05) is 36.2 Å². The van der Waals surface area contributed by atoms with Crippen molar-refractivity contribution in [3.63, 3.8) is 0 Å². The number of carbonyl (C=O) groups excluding carboxylic acids is 1. The van der Waals surface area contributed by atoms with Crippen LogP contribution in [0.25, 0.3) is 0 Å². The van der Waals surface area contributed by atoms with Gasteiger partial charge in [-0.15, -0.1) is 0 Å². The number of aliphatic hydroxyl groups is 2. The number of rotatable bonds is 12. The minimum absolute atomic E-state index is 0.0543. The number of aromatic hydroxyl groups is 1. The van der Waals surface area contributed by atoms with Crippen LogP contribution in [0.5, 0.6) is 5.75 Å². The third kappa shape index (κ3) is 8.37. The Hall–Kier alpha value is -3.80. The molecule has 0 spiro atoms. The molecule has 0 unspecified atom stereocenters. The molecule has 1 fully saturated rings. The number of phenolic OH excluding ortho intramolecular Hbond substituents is 1. The van der Waals surface area contributed by atoms with Gasteiger partial charge in [0.1, 0.15) is 5.75 Å². The number of phenols is 1. The minimum atomic E-state index is -1.03. The van der Waals surface area contributed by atoms with Crippen LogP contribution < -0.4 is 5.32 Å².